The summed E-state index contributed by atoms with van der Waals surface area (Å²) in [6, 6.07) is 11.6. The molecule has 1 fully saturated rings. The Morgan fingerprint density at radius 1 is 0.940 bits per heavy atom. The van der Waals surface area contributed by atoms with Gasteiger partial charge in [-0.1, -0.05) is 12.1 Å². The van der Waals surface area contributed by atoms with Gasteiger partial charge in [-0.25, -0.2) is 29.3 Å². The van der Waals surface area contributed by atoms with Crippen LogP contribution in [0.1, 0.15) is 66.4 Å². The minimum atomic E-state index is -1.23. The molecule has 50 heavy (non-hydrogen) atoms. The first-order valence-corrected chi connectivity index (χ1v) is 16.3. The normalized spacial score (nSPS) is 13.9. The fourth-order valence-electron chi connectivity index (χ4n) is 5.49. The first kappa shape index (κ1) is 35.8. The summed E-state index contributed by atoms with van der Waals surface area (Å²) in [4.78, 5) is 62.9. The van der Waals surface area contributed by atoms with Gasteiger partial charge in [0, 0.05) is 42.2 Å². The monoisotopic (exact) mass is 686 g/mol. The van der Waals surface area contributed by atoms with Crippen LogP contribution >= 0.6 is 0 Å². The molecule has 1 N–H and O–H groups in total. The van der Waals surface area contributed by atoms with E-state index in [1.807, 2.05) is 20.8 Å². The minimum absolute atomic E-state index is 0.0730. The number of piperidine rings is 1. The van der Waals surface area contributed by atoms with Gasteiger partial charge in [0.15, 0.2) is 5.82 Å². The fraction of sp³-hybridized carbons (Fsp3) is 0.417. The molecule has 2 amide bonds. The maximum atomic E-state index is 13.7. The van der Waals surface area contributed by atoms with E-state index in [-0.39, 0.29) is 36.0 Å². The van der Waals surface area contributed by atoms with Crippen LogP contribution in [0.25, 0.3) is 22.3 Å². The predicted molar refractivity (Wildman–Crippen MR) is 185 cm³/mol. The molecule has 1 saturated heterocycles. The van der Waals surface area contributed by atoms with Crippen LogP contribution in [0.3, 0.4) is 0 Å². The number of carbonyl (C=O) groups is 4. The molecule has 264 valence electrons. The van der Waals surface area contributed by atoms with Gasteiger partial charge in [-0.3, -0.25) is 4.79 Å². The van der Waals surface area contributed by atoms with Crippen LogP contribution in [-0.4, -0.2) is 78.3 Å². The highest BCUT2D eigenvalue weighted by molar-refractivity contribution is 5.99. The average Bonchev–Trinajstić information content (AvgIpc) is 3.45. The number of likely N-dealkylation sites (tertiary alicyclic amines) is 1. The number of anilines is 2. The van der Waals surface area contributed by atoms with Gasteiger partial charge >= 0.3 is 24.2 Å². The third-order valence-electron chi connectivity index (χ3n) is 7.77. The van der Waals surface area contributed by atoms with Crippen molar-refractivity contribution in [3.8, 4) is 17.1 Å². The van der Waals surface area contributed by atoms with Crippen LogP contribution in [0.4, 0.5) is 25.9 Å². The maximum Gasteiger partial charge on any atom is 0.432 e. The molecule has 5 rings (SSSR count). The van der Waals surface area contributed by atoms with E-state index < -0.39 is 23.4 Å². The lowest BCUT2D eigenvalue weighted by Crippen LogP contribution is -2.42. The van der Waals surface area contributed by atoms with E-state index in [0.717, 1.165) is 4.68 Å². The van der Waals surface area contributed by atoms with Gasteiger partial charge in [0.2, 0.25) is 0 Å². The predicted octanol–water partition coefficient (Wildman–Crippen LogP) is 7.34. The zero-order chi connectivity index (χ0) is 36.4. The average molecular weight is 687 g/mol. The molecule has 0 bridgehead atoms. The molecule has 0 atom stereocenters. The summed E-state index contributed by atoms with van der Waals surface area (Å²) < 4.78 is 17.8. The summed E-state index contributed by atoms with van der Waals surface area (Å²) in [6.45, 7) is 13.5. The number of fused-ring (bicyclic) bond motifs is 1. The van der Waals surface area contributed by atoms with E-state index in [1.54, 1.807) is 81.3 Å². The first-order chi connectivity index (χ1) is 23.5. The van der Waals surface area contributed by atoms with Gasteiger partial charge in [-0.05, 0) is 97.6 Å². The minimum Gasteiger partial charge on any atom is -0.463 e. The number of aryl methyl sites for hydroxylation is 1. The number of carboxylic acid groups (broad SMARTS) is 1. The Bertz CT molecular complexity index is 1920. The molecule has 0 unspecified atom stereocenters. The highest BCUT2D eigenvalue weighted by Crippen LogP contribution is 2.33. The Kier molecular flexibility index (Phi) is 10.1. The molecular weight excluding hydrogens is 644 g/mol. The van der Waals surface area contributed by atoms with Crippen molar-refractivity contribution in [2.24, 2.45) is 5.92 Å². The summed E-state index contributed by atoms with van der Waals surface area (Å²) in [5.74, 6) is 0.514. The van der Waals surface area contributed by atoms with Crippen molar-refractivity contribution < 1.29 is 38.5 Å². The van der Waals surface area contributed by atoms with Gasteiger partial charge in [0.1, 0.15) is 22.8 Å². The quantitative estimate of drug-likeness (QED) is 0.159. The molecule has 1 aliphatic heterocycles. The lowest BCUT2D eigenvalue weighted by molar-refractivity contribution is -0.135. The highest BCUT2D eigenvalue weighted by Gasteiger charge is 2.30. The first-order valence-electron chi connectivity index (χ1n) is 16.3. The second kappa shape index (κ2) is 14.1. The number of aromatic nitrogens is 4. The molecule has 2 aromatic heterocycles. The van der Waals surface area contributed by atoms with Crippen LogP contribution in [-0.2, 0) is 14.3 Å². The number of rotatable bonds is 6. The van der Waals surface area contributed by atoms with Gasteiger partial charge in [-0.2, -0.15) is 9.78 Å². The summed E-state index contributed by atoms with van der Waals surface area (Å²) in [5.41, 5.74) is 0.448. The number of carbonyl (C=O) groups excluding carboxylic acids is 3. The third kappa shape index (κ3) is 8.73. The molecule has 0 saturated carbocycles. The fourth-order valence-corrected chi connectivity index (χ4v) is 5.49. The zero-order valence-corrected chi connectivity index (χ0v) is 29.3. The zero-order valence-electron chi connectivity index (χ0n) is 29.3. The molecule has 0 radical (unpaired) electrons. The molecule has 4 aromatic rings. The van der Waals surface area contributed by atoms with Crippen molar-refractivity contribution in [3.63, 3.8) is 0 Å². The van der Waals surface area contributed by atoms with Crippen molar-refractivity contribution in [1.82, 2.24) is 24.6 Å². The number of benzene rings is 2. The van der Waals surface area contributed by atoms with E-state index in [4.69, 9.17) is 19.2 Å². The van der Waals surface area contributed by atoms with E-state index in [9.17, 15) is 24.3 Å². The largest absolute Gasteiger partial charge is 0.463 e. The van der Waals surface area contributed by atoms with E-state index in [2.05, 4.69) is 10.1 Å². The van der Waals surface area contributed by atoms with E-state index in [0.29, 0.717) is 59.4 Å². The third-order valence-corrected chi connectivity index (χ3v) is 7.77. The van der Waals surface area contributed by atoms with Crippen molar-refractivity contribution in [1.29, 1.82) is 0 Å². The van der Waals surface area contributed by atoms with E-state index in [1.165, 1.54) is 11.1 Å². The summed E-state index contributed by atoms with van der Waals surface area (Å²) in [6.07, 6.45) is 2.24. The van der Waals surface area contributed by atoms with Crippen LogP contribution in [0.15, 0.2) is 54.9 Å². The Morgan fingerprint density at radius 3 is 2.30 bits per heavy atom. The number of esters is 1. The maximum absolute atomic E-state index is 13.7. The summed E-state index contributed by atoms with van der Waals surface area (Å²) in [7, 11) is 0. The SMILES string of the molecule is Cc1cnc(-c2cccc(OC(=O)CC3CCN(C(=O)OC(C)(C)C)CC3)c2)nc1N(C(=O)OC(C)(C)C)c1ccc2c(cnn2C(=O)O)c1. The second-order valence-electron chi connectivity index (χ2n) is 14.2. The van der Waals surface area contributed by atoms with Crippen LogP contribution in [0, 0.1) is 12.8 Å². The molecule has 14 nitrogen and oxygen atoms in total. The Hall–Kier alpha value is -5.53. The summed E-state index contributed by atoms with van der Waals surface area (Å²) >= 11 is 0. The molecule has 0 aliphatic carbocycles. The van der Waals surface area contributed by atoms with Crippen molar-refractivity contribution in [2.75, 3.05) is 18.0 Å². The van der Waals surface area contributed by atoms with Crippen LogP contribution < -0.4 is 9.64 Å². The Morgan fingerprint density at radius 2 is 1.64 bits per heavy atom. The molecule has 0 spiro atoms. The number of amides is 2. The van der Waals surface area contributed by atoms with Gasteiger partial charge in [0.25, 0.3) is 0 Å². The van der Waals surface area contributed by atoms with Crippen molar-refractivity contribution >= 4 is 46.7 Å². The lowest BCUT2D eigenvalue weighted by Gasteiger charge is -2.33. The molecule has 14 heteroatoms. The Labute approximate surface area is 290 Å². The number of hydrogen-bond donors (Lipinski definition) is 1. The molecule has 3 heterocycles. The number of ether oxygens (including phenoxy) is 3. The van der Waals surface area contributed by atoms with Gasteiger partial charge in [-0.15, -0.1) is 0 Å². The van der Waals surface area contributed by atoms with Crippen LogP contribution in [0.5, 0.6) is 5.75 Å². The lowest BCUT2D eigenvalue weighted by atomic mass is 9.94. The summed E-state index contributed by atoms with van der Waals surface area (Å²) in [5, 5.41) is 13.9. The topological polar surface area (TPSA) is 166 Å². The van der Waals surface area contributed by atoms with Gasteiger partial charge in [0.05, 0.1) is 17.4 Å². The van der Waals surface area contributed by atoms with E-state index >= 15 is 0 Å². The molecular formula is C36H42N6O8. The molecule has 1 aliphatic rings. The number of nitrogens with zero attached hydrogens (tertiary/aromatic N) is 6. The van der Waals surface area contributed by atoms with Crippen LogP contribution in [0.2, 0.25) is 0 Å². The smallest absolute Gasteiger partial charge is 0.432 e. The van der Waals surface area contributed by atoms with Crippen molar-refractivity contribution in [3.05, 3.63) is 60.4 Å². The van der Waals surface area contributed by atoms with Crippen molar-refractivity contribution in [2.45, 2.75) is 78.9 Å². The number of hydrogen-bond acceptors (Lipinski definition) is 10. The van der Waals surface area contributed by atoms with Gasteiger partial charge < -0.3 is 24.2 Å². The standard InChI is InChI=1S/C36H42N6O8/c1-22-20-37-30(24-9-8-10-27(19-24)48-29(43)17-23-13-15-40(16-14-23)33(46)49-35(2,3)4)39-31(22)41(34(47)50-36(5,6)7)26-11-12-28-25(18-26)21-38-42(28)32(44)45/h8-12,18-21,23H,13-17H2,1-7H3,(H,44,45). The molecule has 2 aromatic carbocycles. The second-order valence-corrected chi connectivity index (χ2v) is 14.2. The Balaban J connectivity index is 1.35. The highest BCUT2D eigenvalue weighted by atomic mass is 16.6.